The van der Waals surface area contributed by atoms with Crippen molar-refractivity contribution in [2.75, 3.05) is 11.4 Å². The second kappa shape index (κ2) is 7.15. The number of rotatable bonds is 4. The molecular weight excluding hydrogens is 388 g/mol. The molecule has 1 aromatic carbocycles. The van der Waals surface area contributed by atoms with Crippen LogP contribution in [-0.4, -0.2) is 35.0 Å². The molecule has 7 heteroatoms. The minimum atomic E-state index is -1.18. The molecule has 1 heterocycles. The summed E-state index contributed by atoms with van der Waals surface area (Å²) >= 11 is 3.38. The zero-order valence-electron chi connectivity index (χ0n) is 13.8. The molecule has 2 N–H and O–H groups in total. The highest BCUT2D eigenvalue weighted by Crippen LogP contribution is 2.31. The number of carboxylic acids is 1. The fraction of sp³-hybridized carbons (Fsp3) is 0.500. The summed E-state index contributed by atoms with van der Waals surface area (Å²) in [6.07, 6.45) is 3.58. The minimum absolute atomic E-state index is 0.105. The topological polar surface area (TPSA) is 86.7 Å². The highest BCUT2D eigenvalue weighted by Gasteiger charge is 2.44. The number of anilines is 1. The van der Waals surface area contributed by atoms with Crippen molar-refractivity contribution in [3.05, 3.63) is 28.7 Å². The first-order valence-electron chi connectivity index (χ1n) is 8.53. The molecule has 0 aromatic heterocycles. The molecule has 1 aliphatic heterocycles. The molecule has 1 aliphatic carbocycles. The standard InChI is InChI=1S/C18H21BrN2O4/c19-13-5-4-6-14(10-13)21-11-12(9-15(21)22)16(23)20-18(17(24)25)7-2-1-3-8-18/h4-6,10,12H,1-3,7-9,11H2,(H,20,23)(H,24,25). The van der Waals surface area contributed by atoms with Crippen molar-refractivity contribution < 1.29 is 19.5 Å². The van der Waals surface area contributed by atoms with Crippen LogP contribution in [0.15, 0.2) is 28.7 Å². The molecule has 134 valence electrons. The van der Waals surface area contributed by atoms with E-state index in [4.69, 9.17) is 0 Å². The first kappa shape index (κ1) is 17.9. The number of amides is 2. The van der Waals surface area contributed by atoms with Gasteiger partial charge in [-0.25, -0.2) is 4.79 Å². The van der Waals surface area contributed by atoms with E-state index >= 15 is 0 Å². The Hall–Kier alpha value is -1.89. The average molecular weight is 409 g/mol. The lowest BCUT2D eigenvalue weighted by Crippen LogP contribution is -2.57. The molecule has 0 bridgehead atoms. The molecule has 1 atom stereocenters. The van der Waals surface area contributed by atoms with Gasteiger partial charge in [0.1, 0.15) is 5.54 Å². The maximum Gasteiger partial charge on any atom is 0.329 e. The van der Waals surface area contributed by atoms with Crippen LogP contribution in [0.1, 0.15) is 38.5 Å². The lowest BCUT2D eigenvalue weighted by atomic mass is 9.81. The summed E-state index contributed by atoms with van der Waals surface area (Å²) in [7, 11) is 0. The molecule has 2 fully saturated rings. The Morgan fingerprint density at radius 2 is 1.96 bits per heavy atom. The van der Waals surface area contributed by atoms with Gasteiger partial charge < -0.3 is 15.3 Å². The van der Waals surface area contributed by atoms with E-state index in [-0.39, 0.29) is 24.8 Å². The first-order chi connectivity index (χ1) is 11.9. The quantitative estimate of drug-likeness (QED) is 0.801. The van der Waals surface area contributed by atoms with Crippen LogP contribution >= 0.6 is 15.9 Å². The van der Waals surface area contributed by atoms with Gasteiger partial charge in [0.2, 0.25) is 11.8 Å². The molecule has 0 radical (unpaired) electrons. The summed E-state index contributed by atoms with van der Waals surface area (Å²) in [4.78, 5) is 38.3. The summed E-state index contributed by atoms with van der Waals surface area (Å²) in [6, 6.07) is 7.36. The summed E-state index contributed by atoms with van der Waals surface area (Å²) in [5.74, 6) is -1.96. The molecule has 0 spiro atoms. The van der Waals surface area contributed by atoms with Crippen molar-refractivity contribution in [1.82, 2.24) is 5.32 Å². The number of hydrogen-bond acceptors (Lipinski definition) is 3. The Labute approximate surface area is 154 Å². The van der Waals surface area contributed by atoms with Crippen molar-refractivity contribution in [1.29, 1.82) is 0 Å². The van der Waals surface area contributed by atoms with Crippen LogP contribution in [0.25, 0.3) is 0 Å². The molecule has 2 aliphatic rings. The number of nitrogens with zero attached hydrogens (tertiary/aromatic N) is 1. The van der Waals surface area contributed by atoms with Gasteiger partial charge in [-0.15, -0.1) is 0 Å². The van der Waals surface area contributed by atoms with Crippen LogP contribution in [0.5, 0.6) is 0 Å². The average Bonchev–Trinajstić information content (AvgIpc) is 2.97. The number of carbonyl (C=O) groups excluding carboxylic acids is 2. The number of halogens is 1. The molecule has 2 amide bonds. The van der Waals surface area contributed by atoms with Gasteiger partial charge in [0.15, 0.2) is 0 Å². The van der Waals surface area contributed by atoms with Gasteiger partial charge in [0.25, 0.3) is 0 Å². The Bertz CT molecular complexity index is 700. The van der Waals surface area contributed by atoms with Crippen LogP contribution in [0.3, 0.4) is 0 Å². The fourth-order valence-corrected chi connectivity index (χ4v) is 4.05. The van der Waals surface area contributed by atoms with Gasteiger partial charge in [-0.2, -0.15) is 0 Å². The van der Waals surface area contributed by atoms with Crippen LogP contribution < -0.4 is 10.2 Å². The van der Waals surface area contributed by atoms with Gasteiger partial charge in [-0.05, 0) is 31.0 Å². The highest BCUT2D eigenvalue weighted by molar-refractivity contribution is 9.10. The Kier molecular flexibility index (Phi) is 5.13. The third-order valence-electron chi connectivity index (χ3n) is 5.09. The number of nitrogens with one attached hydrogen (secondary N) is 1. The van der Waals surface area contributed by atoms with Crippen molar-refractivity contribution in [2.24, 2.45) is 5.92 Å². The zero-order chi connectivity index (χ0) is 18.0. The van der Waals surface area contributed by atoms with Crippen LogP contribution in [-0.2, 0) is 14.4 Å². The molecule has 6 nitrogen and oxygen atoms in total. The first-order valence-corrected chi connectivity index (χ1v) is 9.32. The monoisotopic (exact) mass is 408 g/mol. The normalized spacial score (nSPS) is 22.7. The minimum Gasteiger partial charge on any atom is -0.480 e. The number of carbonyl (C=O) groups is 3. The van der Waals surface area contributed by atoms with E-state index in [0.717, 1.165) is 29.4 Å². The summed E-state index contributed by atoms with van der Waals surface area (Å²) < 4.78 is 0.859. The van der Waals surface area contributed by atoms with E-state index in [2.05, 4.69) is 21.2 Å². The summed E-state index contributed by atoms with van der Waals surface area (Å²) in [5.41, 5.74) is -0.443. The van der Waals surface area contributed by atoms with E-state index < -0.39 is 17.4 Å². The summed E-state index contributed by atoms with van der Waals surface area (Å²) in [5, 5.41) is 12.3. The van der Waals surface area contributed by atoms with E-state index in [1.807, 2.05) is 24.3 Å². The number of hydrogen-bond donors (Lipinski definition) is 2. The van der Waals surface area contributed by atoms with E-state index in [1.54, 1.807) is 4.90 Å². The molecule has 1 saturated carbocycles. The molecule has 25 heavy (non-hydrogen) atoms. The molecule has 3 rings (SSSR count). The maximum atomic E-state index is 12.6. The zero-order valence-corrected chi connectivity index (χ0v) is 15.4. The molecule has 1 aromatic rings. The predicted octanol–water partition coefficient (Wildman–Crippen LogP) is 2.71. The second-order valence-corrected chi connectivity index (χ2v) is 7.74. The largest absolute Gasteiger partial charge is 0.480 e. The van der Waals surface area contributed by atoms with Crippen LogP contribution in [0.4, 0.5) is 5.69 Å². The van der Waals surface area contributed by atoms with Gasteiger partial charge in [0, 0.05) is 23.1 Å². The lowest BCUT2D eigenvalue weighted by Gasteiger charge is -2.34. The van der Waals surface area contributed by atoms with Gasteiger partial charge in [-0.1, -0.05) is 41.3 Å². The lowest BCUT2D eigenvalue weighted by molar-refractivity contribution is -0.149. The molecule has 1 unspecified atom stereocenters. The van der Waals surface area contributed by atoms with Crippen molar-refractivity contribution in [3.8, 4) is 0 Å². The number of aliphatic carboxylic acids is 1. The number of carboxylic acid groups (broad SMARTS) is 1. The Balaban J connectivity index is 1.71. The third-order valence-corrected chi connectivity index (χ3v) is 5.59. The highest BCUT2D eigenvalue weighted by atomic mass is 79.9. The van der Waals surface area contributed by atoms with Gasteiger partial charge in [-0.3, -0.25) is 9.59 Å². The molecular formula is C18H21BrN2O4. The predicted molar refractivity (Wildman–Crippen MR) is 96.2 cm³/mol. The SMILES string of the molecule is O=C(NC1(C(=O)O)CCCCC1)C1CC(=O)N(c2cccc(Br)c2)C1. The smallest absolute Gasteiger partial charge is 0.329 e. The Morgan fingerprint density at radius 1 is 1.24 bits per heavy atom. The van der Waals surface area contributed by atoms with Gasteiger partial charge >= 0.3 is 5.97 Å². The Morgan fingerprint density at radius 3 is 2.60 bits per heavy atom. The van der Waals surface area contributed by atoms with Crippen LogP contribution in [0, 0.1) is 5.92 Å². The fourth-order valence-electron chi connectivity index (χ4n) is 3.66. The van der Waals surface area contributed by atoms with Crippen molar-refractivity contribution in [3.63, 3.8) is 0 Å². The third kappa shape index (κ3) is 3.71. The van der Waals surface area contributed by atoms with Gasteiger partial charge in [0.05, 0.1) is 5.92 Å². The van der Waals surface area contributed by atoms with E-state index in [0.29, 0.717) is 12.8 Å². The summed E-state index contributed by atoms with van der Waals surface area (Å²) in [6.45, 7) is 0.275. The molecule has 1 saturated heterocycles. The van der Waals surface area contributed by atoms with Crippen LogP contribution in [0.2, 0.25) is 0 Å². The van der Waals surface area contributed by atoms with Crippen molar-refractivity contribution >= 4 is 39.4 Å². The number of benzene rings is 1. The van der Waals surface area contributed by atoms with Crippen molar-refractivity contribution in [2.45, 2.75) is 44.1 Å². The second-order valence-electron chi connectivity index (χ2n) is 6.82. The van der Waals surface area contributed by atoms with E-state index in [9.17, 15) is 19.5 Å². The maximum absolute atomic E-state index is 12.6. The van der Waals surface area contributed by atoms with E-state index in [1.165, 1.54) is 0 Å².